The van der Waals surface area contributed by atoms with E-state index in [1.807, 2.05) is 0 Å². The van der Waals surface area contributed by atoms with Gasteiger partial charge in [-0.3, -0.25) is 19.3 Å². The van der Waals surface area contributed by atoms with Gasteiger partial charge < -0.3 is 5.11 Å². The van der Waals surface area contributed by atoms with Crippen LogP contribution in [0.4, 0.5) is 5.69 Å². The van der Waals surface area contributed by atoms with Crippen LogP contribution in [0.1, 0.15) is 38.7 Å². The Morgan fingerprint density at radius 2 is 1.71 bits per heavy atom. The average Bonchev–Trinajstić information content (AvgIpc) is 3.17. The van der Waals surface area contributed by atoms with Gasteiger partial charge >= 0.3 is 5.97 Å². The van der Waals surface area contributed by atoms with E-state index in [-0.39, 0.29) is 18.2 Å². The van der Waals surface area contributed by atoms with Crippen LogP contribution in [-0.4, -0.2) is 22.9 Å². The van der Waals surface area contributed by atoms with E-state index in [0.29, 0.717) is 18.5 Å². The predicted molar refractivity (Wildman–Crippen MR) is 75.9 cm³/mol. The second kappa shape index (κ2) is 4.16. The standard InChI is InChI=1S/C16H17NO4/c1-15(2)9-12(18)17(13(15)19)11-5-3-10(4-6-11)16(7-8-16)14(20)21/h3-6H,7-9H2,1-2H3,(H,20,21). The van der Waals surface area contributed by atoms with Gasteiger partial charge in [0.1, 0.15) is 0 Å². The molecule has 1 saturated carbocycles. The first-order valence-electron chi connectivity index (χ1n) is 6.99. The quantitative estimate of drug-likeness (QED) is 0.864. The number of rotatable bonds is 3. The zero-order chi connectivity index (χ0) is 15.4. The number of carbonyl (C=O) groups excluding carboxylic acids is 2. The Bertz CT molecular complexity index is 641. The molecule has 1 aliphatic heterocycles. The molecule has 0 radical (unpaired) electrons. The number of anilines is 1. The number of hydrogen-bond donors (Lipinski definition) is 1. The second-order valence-electron chi connectivity index (χ2n) is 6.53. The Hall–Kier alpha value is -2.17. The molecule has 110 valence electrons. The maximum Gasteiger partial charge on any atom is 0.314 e. The molecule has 5 heteroatoms. The highest BCUT2D eigenvalue weighted by atomic mass is 16.4. The van der Waals surface area contributed by atoms with Crippen LogP contribution in [-0.2, 0) is 19.8 Å². The number of carbonyl (C=O) groups is 3. The fourth-order valence-corrected chi connectivity index (χ4v) is 2.89. The van der Waals surface area contributed by atoms with Crippen molar-refractivity contribution in [1.82, 2.24) is 0 Å². The lowest BCUT2D eigenvalue weighted by atomic mass is 9.92. The molecule has 0 atom stereocenters. The maximum absolute atomic E-state index is 12.3. The van der Waals surface area contributed by atoms with Crippen LogP contribution in [0.5, 0.6) is 0 Å². The minimum atomic E-state index is -0.815. The Balaban J connectivity index is 1.91. The van der Waals surface area contributed by atoms with Crippen molar-refractivity contribution in [2.45, 2.75) is 38.5 Å². The Morgan fingerprint density at radius 1 is 1.14 bits per heavy atom. The molecule has 5 nitrogen and oxygen atoms in total. The highest BCUT2D eigenvalue weighted by Crippen LogP contribution is 2.48. The Labute approximate surface area is 122 Å². The maximum atomic E-state index is 12.3. The normalized spacial score (nSPS) is 22.5. The fourth-order valence-electron chi connectivity index (χ4n) is 2.89. The van der Waals surface area contributed by atoms with Crippen LogP contribution in [0.25, 0.3) is 0 Å². The van der Waals surface area contributed by atoms with Crippen LogP contribution in [0.2, 0.25) is 0 Å². The number of carboxylic acid groups (broad SMARTS) is 1. The summed E-state index contributed by atoms with van der Waals surface area (Å²) in [6.45, 7) is 3.51. The molecule has 1 aromatic carbocycles. The van der Waals surface area contributed by atoms with Crippen molar-refractivity contribution in [3.8, 4) is 0 Å². The van der Waals surface area contributed by atoms with Crippen LogP contribution in [0.3, 0.4) is 0 Å². The minimum Gasteiger partial charge on any atom is -0.481 e. The molecule has 21 heavy (non-hydrogen) atoms. The Kier molecular flexibility index (Phi) is 2.74. The molecule has 3 rings (SSSR count). The van der Waals surface area contributed by atoms with E-state index >= 15 is 0 Å². The first-order chi connectivity index (χ1) is 9.78. The number of aliphatic carboxylic acids is 1. The van der Waals surface area contributed by atoms with Gasteiger partial charge in [-0.05, 0) is 30.5 Å². The molecule has 1 aromatic rings. The third kappa shape index (κ3) is 1.95. The van der Waals surface area contributed by atoms with E-state index in [1.165, 1.54) is 4.90 Å². The van der Waals surface area contributed by atoms with Gasteiger partial charge in [-0.2, -0.15) is 0 Å². The summed E-state index contributed by atoms with van der Waals surface area (Å²) in [6.07, 6.45) is 1.47. The third-order valence-electron chi connectivity index (χ3n) is 4.46. The van der Waals surface area contributed by atoms with E-state index < -0.39 is 16.8 Å². The highest BCUT2D eigenvalue weighted by molar-refractivity contribution is 6.22. The molecule has 1 saturated heterocycles. The summed E-state index contributed by atoms with van der Waals surface area (Å²) in [5.41, 5.74) is -0.191. The fraction of sp³-hybridized carbons (Fsp3) is 0.438. The number of nitrogens with zero attached hydrogens (tertiary/aromatic N) is 1. The van der Waals surface area contributed by atoms with Crippen molar-refractivity contribution >= 4 is 23.5 Å². The first-order valence-corrected chi connectivity index (χ1v) is 6.99. The highest BCUT2D eigenvalue weighted by Gasteiger charge is 2.52. The molecule has 2 aliphatic rings. The predicted octanol–water partition coefficient (Wildman–Crippen LogP) is 2.09. The lowest BCUT2D eigenvalue weighted by Crippen LogP contribution is -2.33. The monoisotopic (exact) mass is 287 g/mol. The summed E-state index contributed by atoms with van der Waals surface area (Å²) < 4.78 is 0. The van der Waals surface area contributed by atoms with Crippen LogP contribution >= 0.6 is 0 Å². The lowest BCUT2D eigenvalue weighted by molar-refractivity contribution is -0.140. The van der Waals surface area contributed by atoms with Crippen LogP contribution in [0.15, 0.2) is 24.3 Å². The van der Waals surface area contributed by atoms with Gasteiger partial charge in [-0.25, -0.2) is 0 Å². The van der Waals surface area contributed by atoms with Crippen molar-refractivity contribution in [1.29, 1.82) is 0 Å². The minimum absolute atomic E-state index is 0.201. The summed E-state index contributed by atoms with van der Waals surface area (Å²) in [5, 5.41) is 9.27. The average molecular weight is 287 g/mol. The van der Waals surface area contributed by atoms with Gasteiger partial charge in [0.2, 0.25) is 11.8 Å². The molecule has 2 fully saturated rings. The summed E-state index contributed by atoms with van der Waals surface area (Å²) in [7, 11) is 0. The van der Waals surface area contributed by atoms with E-state index in [4.69, 9.17) is 0 Å². The Morgan fingerprint density at radius 3 is 2.10 bits per heavy atom. The third-order valence-corrected chi connectivity index (χ3v) is 4.46. The molecule has 1 aliphatic carbocycles. The van der Waals surface area contributed by atoms with Crippen molar-refractivity contribution in [2.75, 3.05) is 4.90 Å². The number of amides is 2. The molecule has 0 unspecified atom stereocenters. The summed E-state index contributed by atoms with van der Waals surface area (Å²) in [5.74, 6) is -1.23. The van der Waals surface area contributed by atoms with Crippen molar-refractivity contribution in [2.24, 2.45) is 5.41 Å². The second-order valence-corrected chi connectivity index (χ2v) is 6.53. The number of hydrogen-bond acceptors (Lipinski definition) is 3. The van der Waals surface area contributed by atoms with Crippen LogP contribution in [0, 0.1) is 5.41 Å². The SMILES string of the molecule is CC1(C)CC(=O)N(c2ccc(C3(C(=O)O)CC3)cc2)C1=O. The molecule has 0 spiro atoms. The first kappa shape index (κ1) is 13.8. The largest absolute Gasteiger partial charge is 0.481 e. The van der Waals surface area contributed by atoms with Gasteiger partial charge in [0.15, 0.2) is 0 Å². The topological polar surface area (TPSA) is 74.7 Å². The van der Waals surface area contributed by atoms with Gasteiger partial charge in [0.25, 0.3) is 0 Å². The van der Waals surface area contributed by atoms with E-state index in [0.717, 1.165) is 5.56 Å². The van der Waals surface area contributed by atoms with Crippen molar-refractivity contribution in [3.05, 3.63) is 29.8 Å². The molecule has 1 heterocycles. The van der Waals surface area contributed by atoms with E-state index in [9.17, 15) is 19.5 Å². The summed E-state index contributed by atoms with van der Waals surface area (Å²) in [6, 6.07) is 6.75. The van der Waals surface area contributed by atoms with Gasteiger partial charge in [0, 0.05) is 6.42 Å². The van der Waals surface area contributed by atoms with E-state index in [1.54, 1.807) is 38.1 Å². The zero-order valence-electron chi connectivity index (χ0n) is 12.0. The zero-order valence-corrected chi connectivity index (χ0v) is 12.0. The number of carboxylic acids is 1. The van der Waals surface area contributed by atoms with Gasteiger partial charge in [-0.1, -0.05) is 26.0 Å². The van der Waals surface area contributed by atoms with Crippen molar-refractivity contribution in [3.63, 3.8) is 0 Å². The molecular formula is C16H17NO4. The molecule has 0 bridgehead atoms. The van der Waals surface area contributed by atoms with Gasteiger partial charge in [0.05, 0.1) is 16.5 Å². The summed E-state index contributed by atoms with van der Waals surface area (Å²) >= 11 is 0. The lowest BCUT2D eigenvalue weighted by Gasteiger charge is -2.18. The van der Waals surface area contributed by atoms with Crippen molar-refractivity contribution < 1.29 is 19.5 Å². The molecule has 1 N–H and O–H groups in total. The smallest absolute Gasteiger partial charge is 0.314 e. The van der Waals surface area contributed by atoms with Crippen LogP contribution < -0.4 is 4.90 Å². The summed E-state index contributed by atoms with van der Waals surface area (Å²) in [4.78, 5) is 36.8. The molecule has 2 amide bonds. The molecule has 0 aromatic heterocycles. The van der Waals surface area contributed by atoms with E-state index in [2.05, 4.69) is 0 Å². The number of imide groups is 1. The molecular weight excluding hydrogens is 270 g/mol. The van der Waals surface area contributed by atoms with Gasteiger partial charge in [-0.15, -0.1) is 0 Å². The number of benzene rings is 1.